The molecule has 5 nitrogen and oxygen atoms in total. The van der Waals surface area contributed by atoms with Gasteiger partial charge in [-0.25, -0.2) is 0 Å². The lowest BCUT2D eigenvalue weighted by atomic mass is 10.1. The van der Waals surface area contributed by atoms with E-state index in [4.69, 9.17) is 18.9 Å². The van der Waals surface area contributed by atoms with Gasteiger partial charge in [0.05, 0.1) is 46.8 Å². The van der Waals surface area contributed by atoms with Crippen LogP contribution in [0.2, 0.25) is 0 Å². The molecule has 3 aromatic rings. The smallest absolute Gasteiger partial charge is 0.161 e. The molecule has 0 saturated carbocycles. The van der Waals surface area contributed by atoms with E-state index in [1.807, 2.05) is 48.5 Å². The minimum Gasteiger partial charge on any atom is -0.493 e. The molecule has 0 unspecified atom stereocenters. The lowest BCUT2D eigenvalue weighted by Crippen LogP contribution is -3.06. The number of hydrogen-bond donors (Lipinski definition) is 1. The summed E-state index contributed by atoms with van der Waals surface area (Å²) in [6, 6.07) is 15.7. The Morgan fingerprint density at radius 1 is 0.962 bits per heavy atom. The zero-order valence-electron chi connectivity index (χ0n) is 15.7. The molecule has 0 saturated heterocycles. The number of nitrogens with zero attached hydrogens (tertiary/aromatic N) is 1. The highest BCUT2D eigenvalue weighted by atomic mass is 16.5. The molecule has 0 aliphatic carbocycles. The van der Waals surface area contributed by atoms with Crippen LogP contribution in [0.4, 0.5) is 0 Å². The Labute approximate surface area is 153 Å². The fourth-order valence-electron chi connectivity index (χ4n) is 2.78. The summed E-state index contributed by atoms with van der Waals surface area (Å²) in [5, 5.41) is 1.96. The summed E-state index contributed by atoms with van der Waals surface area (Å²) in [6.07, 6.45) is 0. The van der Waals surface area contributed by atoms with E-state index in [9.17, 15) is 0 Å². The van der Waals surface area contributed by atoms with Crippen molar-refractivity contribution in [2.75, 3.05) is 41.4 Å². The van der Waals surface area contributed by atoms with Crippen LogP contribution in [0.15, 0.2) is 57.9 Å². The lowest BCUT2D eigenvalue weighted by Gasteiger charge is -2.10. The van der Waals surface area contributed by atoms with Gasteiger partial charge in [0.2, 0.25) is 0 Å². The fraction of sp³-hybridized carbons (Fsp3) is 0.286. The number of likely N-dealkylation sites (N-methyl/N-ethyl adjacent to an activating group) is 1. The van der Waals surface area contributed by atoms with Crippen molar-refractivity contribution in [3.05, 3.63) is 53.9 Å². The highest BCUT2D eigenvalue weighted by molar-refractivity contribution is 5.78. The second-order valence-electron chi connectivity index (χ2n) is 6.40. The van der Waals surface area contributed by atoms with E-state index in [-0.39, 0.29) is 0 Å². The van der Waals surface area contributed by atoms with Gasteiger partial charge in [-0.05, 0) is 30.3 Å². The van der Waals surface area contributed by atoms with Crippen LogP contribution in [0.3, 0.4) is 0 Å². The standard InChI is InChI=1S/C21H24N2O3/c1-23(2)12-11-22-17-14-20(26-18-8-6-5-7-16(17)18)15-9-10-19(24-3)21(13-15)25-4/h5-10,13-14H,11-12H2,1-4H3/p+1. The number of benzene rings is 2. The minimum atomic E-state index is 0.669. The van der Waals surface area contributed by atoms with E-state index >= 15 is 0 Å². The Morgan fingerprint density at radius 3 is 2.46 bits per heavy atom. The van der Waals surface area contributed by atoms with Gasteiger partial charge in [0.15, 0.2) is 11.5 Å². The maximum atomic E-state index is 6.13. The van der Waals surface area contributed by atoms with Crippen LogP contribution < -0.4 is 19.7 Å². The van der Waals surface area contributed by atoms with Gasteiger partial charge in [-0.3, -0.25) is 4.99 Å². The molecular formula is C21H25N2O3+. The van der Waals surface area contributed by atoms with Crippen LogP contribution >= 0.6 is 0 Å². The molecule has 0 aliphatic heterocycles. The molecule has 0 amide bonds. The van der Waals surface area contributed by atoms with Crippen LogP contribution in [0, 0.1) is 0 Å². The largest absolute Gasteiger partial charge is 0.493 e. The quantitative estimate of drug-likeness (QED) is 0.739. The predicted octanol–water partition coefficient (Wildman–Crippen LogP) is 2.16. The summed E-state index contributed by atoms with van der Waals surface area (Å²) in [5.41, 5.74) is 1.74. The topological polar surface area (TPSA) is 48.4 Å². The Bertz CT molecular complexity index is 961. The normalized spacial score (nSPS) is 12.0. The van der Waals surface area contributed by atoms with Crippen LogP contribution in [-0.4, -0.2) is 41.4 Å². The van der Waals surface area contributed by atoms with Crippen LogP contribution in [0.5, 0.6) is 11.5 Å². The van der Waals surface area contributed by atoms with Crippen LogP contribution in [-0.2, 0) is 0 Å². The van der Waals surface area contributed by atoms with Crippen molar-refractivity contribution >= 4 is 11.0 Å². The molecule has 1 N–H and O–H groups in total. The fourth-order valence-corrected chi connectivity index (χ4v) is 2.78. The first-order valence-electron chi connectivity index (χ1n) is 8.67. The van der Waals surface area contributed by atoms with Gasteiger partial charge in [0.1, 0.15) is 11.3 Å². The monoisotopic (exact) mass is 353 g/mol. The van der Waals surface area contributed by atoms with E-state index in [1.165, 1.54) is 4.90 Å². The molecule has 1 aromatic heterocycles. The summed E-state index contributed by atoms with van der Waals surface area (Å²) in [4.78, 5) is 6.17. The van der Waals surface area contributed by atoms with E-state index in [2.05, 4.69) is 14.1 Å². The van der Waals surface area contributed by atoms with Crippen LogP contribution in [0.25, 0.3) is 22.3 Å². The van der Waals surface area contributed by atoms with E-state index < -0.39 is 0 Å². The van der Waals surface area contributed by atoms with Gasteiger partial charge in [0.25, 0.3) is 0 Å². The predicted molar refractivity (Wildman–Crippen MR) is 103 cm³/mol. The number of fused-ring (bicyclic) bond motifs is 1. The van der Waals surface area contributed by atoms with E-state index in [0.717, 1.165) is 40.7 Å². The third-order valence-electron chi connectivity index (χ3n) is 4.21. The van der Waals surface area contributed by atoms with Crippen molar-refractivity contribution in [2.45, 2.75) is 0 Å². The zero-order chi connectivity index (χ0) is 18.5. The molecule has 1 heterocycles. The van der Waals surface area contributed by atoms with Crippen LogP contribution in [0.1, 0.15) is 0 Å². The third kappa shape index (κ3) is 3.89. The minimum absolute atomic E-state index is 0.669. The number of ether oxygens (including phenoxy) is 2. The Hall–Kier alpha value is -2.79. The van der Waals surface area contributed by atoms with Crippen molar-refractivity contribution in [1.82, 2.24) is 0 Å². The number of hydrogen-bond acceptors (Lipinski definition) is 4. The molecule has 0 spiro atoms. The third-order valence-corrected chi connectivity index (χ3v) is 4.21. The molecule has 0 atom stereocenters. The van der Waals surface area contributed by atoms with Gasteiger partial charge in [-0.15, -0.1) is 0 Å². The van der Waals surface area contributed by atoms with E-state index in [0.29, 0.717) is 11.5 Å². The maximum Gasteiger partial charge on any atom is 0.161 e. The van der Waals surface area contributed by atoms with Gasteiger partial charge >= 0.3 is 0 Å². The molecule has 5 heteroatoms. The van der Waals surface area contributed by atoms with Crippen molar-refractivity contribution < 1.29 is 18.8 Å². The Kier molecular flexibility index (Phi) is 5.58. The number of quaternary nitrogens is 1. The van der Waals surface area contributed by atoms with Crippen molar-refractivity contribution in [1.29, 1.82) is 0 Å². The average Bonchev–Trinajstić information content (AvgIpc) is 2.66. The van der Waals surface area contributed by atoms with Crippen molar-refractivity contribution in [3.8, 4) is 22.8 Å². The highest BCUT2D eigenvalue weighted by Crippen LogP contribution is 2.32. The molecule has 136 valence electrons. The second-order valence-corrected chi connectivity index (χ2v) is 6.40. The summed E-state index contributed by atoms with van der Waals surface area (Å²) in [7, 11) is 7.51. The number of nitrogens with one attached hydrogen (secondary N) is 1. The van der Waals surface area contributed by atoms with Gasteiger partial charge in [-0.1, -0.05) is 12.1 Å². The maximum absolute atomic E-state index is 6.13. The zero-order valence-corrected chi connectivity index (χ0v) is 15.7. The van der Waals surface area contributed by atoms with Crippen molar-refractivity contribution in [3.63, 3.8) is 0 Å². The first-order chi connectivity index (χ1) is 12.6. The van der Waals surface area contributed by atoms with E-state index in [1.54, 1.807) is 14.2 Å². The van der Waals surface area contributed by atoms with Crippen molar-refractivity contribution in [2.24, 2.45) is 4.99 Å². The lowest BCUT2D eigenvalue weighted by molar-refractivity contribution is -0.856. The summed E-state index contributed by atoms with van der Waals surface area (Å²) < 4.78 is 16.9. The molecule has 0 aliphatic rings. The molecule has 0 radical (unpaired) electrons. The average molecular weight is 353 g/mol. The molecule has 3 rings (SSSR count). The molecular weight excluding hydrogens is 328 g/mol. The molecule has 0 bridgehead atoms. The molecule has 26 heavy (non-hydrogen) atoms. The number of para-hydroxylation sites is 1. The number of rotatable bonds is 6. The first kappa shape index (κ1) is 18.0. The Morgan fingerprint density at radius 2 is 1.73 bits per heavy atom. The molecule has 2 aromatic carbocycles. The Balaban J connectivity index is 2.12. The summed E-state index contributed by atoms with van der Waals surface area (Å²) in [5.74, 6) is 2.11. The number of methoxy groups -OCH3 is 2. The first-order valence-corrected chi connectivity index (χ1v) is 8.67. The van der Waals surface area contributed by atoms with Gasteiger partial charge < -0.3 is 18.8 Å². The van der Waals surface area contributed by atoms with Gasteiger partial charge in [-0.2, -0.15) is 0 Å². The summed E-state index contributed by atoms with van der Waals surface area (Å²) in [6.45, 7) is 1.74. The highest BCUT2D eigenvalue weighted by Gasteiger charge is 2.10. The summed E-state index contributed by atoms with van der Waals surface area (Å²) >= 11 is 0. The second kappa shape index (κ2) is 8.06. The van der Waals surface area contributed by atoms with Gasteiger partial charge in [0, 0.05) is 17.0 Å². The SMILES string of the molecule is COc1ccc(-c2cc(=NCC[NH+](C)C)c3ccccc3o2)cc1OC. The molecule has 0 fully saturated rings.